The van der Waals surface area contributed by atoms with Crippen LogP contribution in [0, 0.1) is 5.92 Å². The minimum Gasteiger partial charge on any atom is -0.444 e. The molecule has 0 aromatic carbocycles. The Balaban J connectivity index is 1.84. The van der Waals surface area contributed by atoms with Crippen molar-refractivity contribution in [1.82, 2.24) is 24.6 Å². The maximum Gasteiger partial charge on any atom is 0.410 e. The number of ether oxygens (including phenoxy) is 1. The molecule has 2 rings (SSSR count). The summed E-state index contributed by atoms with van der Waals surface area (Å²) in [5, 5.41) is 8.81. The van der Waals surface area contributed by atoms with E-state index in [-0.39, 0.29) is 24.0 Å². The molecule has 158 valence electrons. The Hall–Kier alpha value is -1.77. The first-order chi connectivity index (χ1) is 13.1. The Morgan fingerprint density at radius 1 is 1.39 bits per heavy atom. The number of thioether (sulfide) groups is 1. The molecule has 1 aromatic heterocycles. The van der Waals surface area contributed by atoms with E-state index in [9.17, 15) is 9.59 Å². The number of amides is 2. The highest BCUT2D eigenvalue weighted by molar-refractivity contribution is 7.99. The van der Waals surface area contributed by atoms with E-state index in [4.69, 9.17) is 4.74 Å². The van der Waals surface area contributed by atoms with E-state index in [0.29, 0.717) is 18.8 Å². The third-order valence-corrected chi connectivity index (χ3v) is 5.47. The van der Waals surface area contributed by atoms with E-state index in [0.717, 1.165) is 24.5 Å². The molecule has 1 aliphatic rings. The zero-order chi connectivity index (χ0) is 20.9. The van der Waals surface area contributed by atoms with Crippen LogP contribution in [-0.4, -0.2) is 74.6 Å². The number of hydrogen-bond donors (Lipinski definition) is 0. The average Bonchev–Trinajstić information content (AvgIpc) is 3.07. The van der Waals surface area contributed by atoms with E-state index in [1.165, 1.54) is 11.8 Å². The van der Waals surface area contributed by atoms with Crippen molar-refractivity contribution in [1.29, 1.82) is 0 Å². The van der Waals surface area contributed by atoms with Crippen LogP contribution in [0.2, 0.25) is 0 Å². The summed E-state index contributed by atoms with van der Waals surface area (Å²) in [7, 11) is 1.75. The average molecular weight is 412 g/mol. The van der Waals surface area contributed by atoms with Crippen molar-refractivity contribution in [3.8, 4) is 0 Å². The number of rotatable bonds is 6. The van der Waals surface area contributed by atoms with Crippen molar-refractivity contribution in [2.45, 2.75) is 64.3 Å². The lowest BCUT2D eigenvalue weighted by Crippen LogP contribution is -2.45. The summed E-state index contributed by atoms with van der Waals surface area (Å²) < 4.78 is 7.38. The number of carbonyl (C=O) groups is 2. The summed E-state index contributed by atoms with van der Waals surface area (Å²) in [6.07, 6.45) is 3.33. The van der Waals surface area contributed by atoms with Crippen LogP contribution < -0.4 is 0 Å². The van der Waals surface area contributed by atoms with Gasteiger partial charge in [-0.15, -0.1) is 10.2 Å². The number of aromatic nitrogens is 3. The molecule has 1 atom stereocenters. The summed E-state index contributed by atoms with van der Waals surface area (Å²) >= 11 is 1.42. The molecule has 1 unspecified atom stereocenters. The highest BCUT2D eigenvalue weighted by Gasteiger charge is 2.27. The molecule has 2 heterocycles. The predicted molar refractivity (Wildman–Crippen MR) is 109 cm³/mol. The van der Waals surface area contributed by atoms with Gasteiger partial charge in [0.25, 0.3) is 0 Å². The van der Waals surface area contributed by atoms with Crippen LogP contribution in [0.15, 0.2) is 11.5 Å². The van der Waals surface area contributed by atoms with Crippen molar-refractivity contribution in [3.05, 3.63) is 6.33 Å². The molecule has 28 heavy (non-hydrogen) atoms. The topological polar surface area (TPSA) is 80.6 Å². The van der Waals surface area contributed by atoms with Gasteiger partial charge in [-0.05, 0) is 53.4 Å². The largest absolute Gasteiger partial charge is 0.444 e. The van der Waals surface area contributed by atoms with E-state index in [1.807, 2.05) is 30.2 Å². The highest BCUT2D eigenvalue weighted by Crippen LogP contribution is 2.22. The van der Waals surface area contributed by atoms with Gasteiger partial charge in [-0.2, -0.15) is 0 Å². The van der Waals surface area contributed by atoms with Crippen LogP contribution >= 0.6 is 11.8 Å². The minimum atomic E-state index is -0.506. The number of nitrogens with zero attached hydrogens (tertiary/aromatic N) is 5. The Morgan fingerprint density at radius 2 is 2.11 bits per heavy atom. The van der Waals surface area contributed by atoms with E-state index < -0.39 is 5.60 Å². The van der Waals surface area contributed by atoms with Crippen molar-refractivity contribution in [3.63, 3.8) is 0 Å². The lowest BCUT2D eigenvalue weighted by molar-refractivity contribution is -0.130. The molecule has 8 nitrogen and oxygen atoms in total. The Kier molecular flexibility index (Phi) is 7.74. The molecular weight excluding hydrogens is 378 g/mol. The van der Waals surface area contributed by atoms with Gasteiger partial charge in [0.1, 0.15) is 11.9 Å². The third-order valence-electron chi connectivity index (χ3n) is 4.53. The van der Waals surface area contributed by atoms with Crippen LogP contribution in [0.1, 0.15) is 53.5 Å². The van der Waals surface area contributed by atoms with Gasteiger partial charge in [0, 0.05) is 32.7 Å². The number of carbonyl (C=O) groups excluding carboxylic acids is 2. The maximum atomic E-state index is 12.7. The quantitative estimate of drug-likeness (QED) is 0.669. The predicted octanol–water partition coefficient (Wildman–Crippen LogP) is 3.06. The lowest BCUT2D eigenvalue weighted by atomic mass is 9.97. The fourth-order valence-corrected chi connectivity index (χ4v) is 4.10. The Morgan fingerprint density at radius 3 is 2.75 bits per heavy atom. The SMILES string of the molecule is CC(C)n1cnnc1SCC(=O)N1CCCC(CN(C)C(=O)OC(C)(C)C)C1. The molecule has 1 saturated heterocycles. The van der Waals surface area contributed by atoms with Crippen LogP contribution in [-0.2, 0) is 9.53 Å². The number of likely N-dealkylation sites (tertiary alicyclic amines) is 1. The van der Waals surface area contributed by atoms with Crippen molar-refractivity contribution in [2.24, 2.45) is 5.92 Å². The van der Waals surface area contributed by atoms with Gasteiger partial charge >= 0.3 is 6.09 Å². The van der Waals surface area contributed by atoms with Gasteiger partial charge in [0.2, 0.25) is 5.91 Å². The second-order valence-corrected chi connectivity index (χ2v) is 9.55. The molecule has 0 radical (unpaired) electrons. The number of hydrogen-bond acceptors (Lipinski definition) is 6. The van der Waals surface area contributed by atoms with Gasteiger partial charge in [-0.25, -0.2) is 4.79 Å². The van der Waals surface area contributed by atoms with Gasteiger partial charge in [0.05, 0.1) is 5.75 Å². The monoisotopic (exact) mass is 411 g/mol. The smallest absolute Gasteiger partial charge is 0.410 e. The van der Waals surface area contributed by atoms with E-state index >= 15 is 0 Å². The molecule has 1 fully saturated rings. The first-order valence-electron chi connectivity index (χ1n) is 9.81. The van der Waals surface area contributed by atoms with Crippen LogP contribution in [0.5, 0.6) is 0 Å². The number of piperidine rings is 1. The standard InChI is InChI=1S/C19H33N5O3S/c1-14(2)24-13-20-21-17(24)28-12-16(25)23-9-7-8-15(11-23)10-22(6)18(26)27-19(3,4)5/h13-15H,7-12H2,1-6H3. The summed E-state index contributed by atoms with van der Waals surface area (Å²) in [5.74, 6) is 0.715. The van der Waals surface area contributed by atoms with Crippen molar-refractivity contribution in [2.75, 3.05) is 32.4 Å². The van der Waals surface area contributed by atoms with Gasteiger partial charge < -0.3 is 19.1 Å². The summed E-state index contributed by atoms with van der Waals surface area (Å²) in [4.78, 5) is 28.4. The van der Waals surface area contributed by atoms with Crippen molar-refractivity contribution >= 4 is 23.8 Å². The zero-order valence-corrected chi connectivity index (χ0v) is 18.7. The fraction of sp³-hybridized carbons (Fsp3) is 0.789. The normalized spacial score (nSPS) is 17.7. The summed E-state index contributed by atoms with van der Waals surface area (Å²) in [6, 6.07) is 0.260. The summed E-state index contributed by atoms with van der Waals surface area (Å²) in [5.41, 5.74) is -0.506. The van der Waals surface area contributed by atoms with E-state index in [2.05, 4.69) is 24.0 Å². The lowest BCUT2D eigenvalue weighted by Gasteiger charge is -2.35. The molecule has 1 aromatic rings. The summed E-state index contributed by atoms with van der Waals surface area (Å²) in [6.45, 7) is 11.7. The highest BCUT2D eigenvalue weighted by atomic mass is 32.2. The van der Waals surface area contributed by atoms with Gasteiger partial charge in [0.15, 0.2) is 5.16 Å². The first-order valence-corrected chi connectivity index (χ1v) is 10.8. The molecular formula is C19H33N5O3S. The van der Waals surface area contributed by atoms with Crippen LogP contribution in [0.25, 0.3) is 0 Å². The molecule has 0 aliphatic carbocycles. The Bertz CT molecular complexity index is 671. The fourth-order valence-electron chi connectivity index (χ4n) is 3.15. The second-order valence-electron chi connectivity index (χ2n) is 8.61. The Labute approximate surface area is 172 Å². The third kappa shape index (κ3) is 6.68. The maximum absolute atomic E-state index is 12.7. The van der Waals surface area contributed by atoms with E-state index in [1.54, 1.807) is 18.3 Å². The second kappa shape index (κ2) is 9.62. The molecule has 9 heteroatoms. The molecule has 0 saturated carbocycles. The molecule has 2 amide bonds. The molecule has 0 spiro atoms. The first kappa shape index (κ1) is 22.5. The minimum absolute atomic E-state index is 0.105. The molecule has 0 N–H and O–H groups in total. The van der Waals surface area contributed by atoms with Crippen LogP contribution in [0.4, 0.5) is 4.79 Å². The van der Waals surface area contributed by atoms with Gasteiger partial charge in [-0.1, -0.05) is 11.8 Å². The molecule has 1 aliphatic heterocycles. The van der Waals surface area contributed by atoms with Crippen LogP contribution in [0.3, 0.4) is 0 Å². The molecule has 0 bridgehead atoms. The zero-order valence-electron chi connectivity index (χ0n) is 17.8. The van der Waals surface area contributed by atoms with Gasteiger partial charge in [-0.3, -0.25) is 4.79 Å². The van der Waals surface area contributed by atoms with Crippen molar-refractivity contribution < 1.29 is 14.3 Å².